The molecular formula is C27H33F3N4O2. The Kier molecular flexibility index (Phi) is 8.92. The normalized spacial score (nSPS) is 13.4. The predicted octanol–water partition coefficient (Wildman–Crippen LogP) is 4.47. The molecule has 36 heavy (non-hydrogen) atoms. The molecule has 2 aromatic carbocycles. The number of nitrogens with two attached hydrogens (primary N) is 1. The minimum atomic E-state index is -0.761. The lowest BCUT2D eigenvalue weighted by molar-refractivity contribution is -0.142. The molecule has 194 valence electrons. The van der Waals surface area contributed by atoms with E-state index in [1.165, 1.54) is 4.90 Å². The quantitative estimate of drug-likeness (QED) is 0.429. The van der Waals surface area contributed by atoms with E-state index < -0.39 is 48.4 Å². The average Bonchev–Trinajstić information content (AvgIpc) is 3.24. The number of aliphatic hydroxyl groups is 1. The molecule has 0 saturated heterocycles. The molecule has 0 unspecified atom stereocenters. The molecule has 0 spiro atoms. The van der Waals surface area contributed by atoms with Crippen LogP contribution < -0.4 is 5.73 Å². The number of nitrogens with zero attached hydrogens (tertiary/aromatic N) is 3. The first-order valence-electron chi connectivity index (χ1n) is 11.8. The third kappa shape index (κ3) is 6.53. The highest BCUT2D eigenvalue weighted by molar-refractivity contribution is 5.77. The Bertz CT molecular complexity index is 1160. The number of benzene rings is 2. The van der Waals surface area contributed by atoms with Crippen molar-refractivity contribution < 1.29 is 23.1 Å². The van der Waals surface area contributed by atoms with Gasteiger partial charge >= 0.3 is 0 Å². The first kappa shape index (κ1) is 27.4. The Hall–Kier alpha value is -3.17. The number of alkyl halides is 1. The summed E-state index contributed by atoms with van der Waals surface area (Å²) in [5.74, 6) is -1.27. The molecule has 0 saturated carbocycles. The molecule has 0 bridgehead atoms. The molecule has 1 amide bonds. The lowest BCUT2D eigenvalue weighted by Gasteiger charge is -2.41. The molecule has 0 radical (unpaired) electrons. The van der Waals surface area contributed by atoms with E-state index in [1.807, 2.05) is 51.1 Å². The van der Waals surface area contributed by atoms with Crippen molar-refractivity contribution in [2.24, 2.45) is 11.1 Å². The number of carbonyl (C=O) groups is 1. The molecule has 0 fully saturated rings. The van der Waals surface area contributed by atoms with Crippen molar-refractivity contribution in [1.29, 1.82) is 0 Å². The van der Waals surface area contributed by atoms with Gasteiger partial charge in [-0.2, -0.15) is 0 Å². The highest BCUT2D eigenvalue weighted by Gasteiger charge is 2.36. The van der Waals surface area contributed by atoms with Gasteiger partial charge in [0.25, 0.3) is 0 Å². The molecule has 2 atom stereocenters. The van der Waals surface area contributed by atoms with Gasteiger partial charge in [-0.3, -0.25) is 4.79 Å². The molecular weight excluding hydrogens is 469 g/mol. The van der Waals surface area contributed by atoms with Crippen LogP contribution in [0.25, 0.3) is 11.3 Å². The van der Waals surface area contributed by atoms with Gasteiger partial charge in [-0.1, -0.05) is 51.1 Å². The van der Waals surface area contributed by atoms with Crippen LogP contribution in [0.2, 0.25) is 0 Å². The number of hydrogen-bond acceptors (Lipinski definition) is 4. The van der Waals surface area contributed by atoms with E-state index in [4.69, 9.17) is 5.73 Å². The zero-order valence-corrected chi connectivity index (χ0v) is 20.8. The first-order valence-corrected chi connectivity index (χ1v) is 11.8. The van der Waals surface area contributed by atoms with Gasteiger partial charge in [0.15, 0.2) is 0 Å². The van der Waals surface area contributed by atoms with Crippen LogP contribution in [0.4, 0.5) is 13.2 Å². The highest BCUT2D eigenvalue weighted by atomic mass is 19.1. The van der Waals surface area contributed by atoms with E-state index >= 15 is 0 Å². The molecule has 1 aromatic heterocycles. The fourth-order valence-corrected chi connectivity index (χ4v) is 4.27. The zero-order valence-electron chi connectivity index (χ0n) is 20.8. The Morgan fingerprint density at radius 3 is 2.47 bits per heavy atom. The van der Waals surface area contributed by atoms with Crippen molar-refractivity contribution in [2.45, 2.75) is 45.8 Å². The lowest BCUT2D eigenvalue weighted by Crippen LogP contribution is -2.47. The van der Waals surface area contributed by atoms with Gasteiger partial charge in [-0.15, -0.1) is 0 Å². The molecule has 3 rings (SSSR count). The maximum atomic E-state index is 14.7. The second kappa shape index (κ2) is 11.7. The van der Waals surface area contributed by atoms with Gasteiger partial charge in [0.05, 0.1) is 5.69 Å². The number of imidazole rings is 1. The molecule has 0 aliphatic heterocycles. The third-order valence-electron chi connectivity index (χ3n) is 5.95. The highest BCUT2D eigenvalue weighted by Crippen LogP contribution is 2.37. The molecule has 0 aliphatic carbocycles. The smallest absolute Gasteiger partial charge is 0.249 e. The molecule has 6 nitrogen and oxygen atoms in total. The maximum absolute atomic E-state index is 14.7. The second-order valence-electron chi connectivity index (χ2n) is 9.92. The van der Waals surface area contributed by atoms with Crippen molar-refractivity contribution in [3.63, 3.8) is 0 Å². The summed E-state index contributed by atoms with van der Waals surface area (Å²) in [4.78, 5) is 19.0. The number of halogens is 3. The van der Waals surface area contributed by atoms with E-state index in [-0.39, 0.29) is 24.2 Å². The summed E-state index contributed by atoms with van der Waals surface area (Å²) < 4.78 is 43.5. The van der Waals surface area contributed by atoms with Crippen LogP contribution in [-0.4, -0.2) is 51.3 Å². The van der Waals surface area contributed by atoms with E-state index in [9.17, 15) is 23.1 Å². The van der Waals surface area contributed by atoms with Gasteiger partial charge in [-0.05, 0) is 30.2 Å². The van der Waals surface area contributed by atoms with Crippen LogP contribution in [0.3, 0.4) is 0 Å². The number of hydrogen-bond donors (Lipinski definition) is 2. The number of amides is 1. The molecule has 3 N–H and O–H groups in total. The molecule has 3 aromatic rings. The van der Waals surface area contributed by atoms with Crippen molar-refractivity contribution in [2.75, 3.05) is 19.8 Å². The Labute approximate surface area is 209 Å². The largest absolute Gasteiger partial charge is 0.387 e. The van der Waals surface area contributed by atoms with Gasteiger partial charge in [0, 0.05) is 36.2 Å². The van der Waals surface area contributed by atoms with Crippen LogP contribution in [0.15, 0.2) is 54.7 Å². The summed E-state index contributed by atoms with van der Waals surface area (Å²) in [6.07, 6.45) is 1.46. The fraction of sp³-hybridized carbons (Fsp3) is 0.407. The summed E-state index contributed by atoms with van der Waals surface area (Å²) in [6, 6.07) is 11.9. The summed E-state index contributed by atoms with van der Waals surface area (Å²) >= 11 is 0. The maximum Gasteiger partial charge on any atom is 0.249 e. The number of aliphatic hydroxyl groups excluding tert-OH is 1. The molecule has 0 aliphatic rings. The summed E-state index contributed by atoms with van der Waals surface area (Å²) in [5, 5.41) is 9.73. The van der Waals surface area contributed by atoms with E-state index in [1.54, 1.807) is 10.8 Å². The van der Waals surface area contributed by atoms with E-state index in [2.05, 4.69) is 4.98 Å². The fourth-order valence-electron chi connectivity index (χ4n) is 4.27. The number of aromatic nitrogens is 2. The van der Waals surface area contributed by atoms with Crippen LogP contribution in [-0.2, 0) is 11.2 Å². The van der Waals surface area contributed by atoms with E-state index in [0.29, 0.717) is 12.2 Å². The van der Waals surface area contributed by atoms with Crippen LogP contribution >= 0.6 is 0 Å². The minimum absolute atomic E-state index is 0.00444. The number of rotatable bonds is 10. The van der Waals surface area contributed by atoms with E-state index in [0.717, 1.165) is 23.8 Å². The van der Waals surface area contributed by atoms with Crippen LogP contribution in [0.5, 0.6) is 0 Å². The number of carbonyl (C=O) groups excluding carboxylic acids is 1. The summed E-state index contributed by atoms with van der Waals surface area (Å²) in [5.41, 5.74) is 6.33. The first-order chi connectivity index (χ1) is 17.0. The zero-order chi connectivity index (χ0) is 26.5. The standard InChI is InChI=1S/C27H33F3N4O2/c1-27(2,3)26(33(25(36)17-35)12-11-20(31)15-28)34-16-23(21-14-19(29)9-10-22(21)30)32-24(34)13-18-7-5-4-6-8-18/h4-10,14,16,20,26,35H,11-13,15,17,31H2,1-3H3/t20-,26-/m0/s1. The predicted molar refractivity (Wildman–Crippen MR) is 133 cm³/mol. The molecule has 9 heteroatoms. The van der Waals surface area contributed by atoms with Gasteiger partial charge in [0.1, 0.15) is 36.9 Å². The van der Waals surface area contributed by atoms with Gasteiger partial charge in [0.2, 0.25) is 5.91 Å². The molecule has 1 heterocycles. The Morgan fingerprint density at radius 1 is 1.17 bits per heavy atom. The van der Waals surface area contributed by atoms with Gasteiger partial charge < -0.3 is 20.3 Å². The van der Waals surface area contributed by atoms with Crippen LogP contribution in [0, 0.1) is 17.0 Å². The third-order valence-corrected chi connectivity index (χ3v) is 5.95. The summed E-state index contributed by atoms with van der Waals surface area (Å²) in [7, 11) is 0. The second-order valence-corrected chi connectivity index (χ2v) is 9.92. The lowest BCUT2D eigenvalue weighted by atomic mass is 9.90. The van der Waals surface area contributed by atoms with Crippen molar-refractivity contribution in [1.82, 2.24) is 14.5 Å². The van der Waals surface area contributed by atoms with Crippen LogP contribution in [0.1, 0.15) is 44.7 Å². The minimum Gasteiger partial charge on any atom is -0.387 e. The topological polar surface area (TPSA) is 84.4 Å². The Balaban J connectivity index is 2.18. The van der Waals surface area contributed by atoms with Crippen molar-refractivity contribution >= 4 is 5.91 Å². The van der Waals surface area contributed by atoms with Gasteiger partial charge in [-0.25, -0.2) is 18.2 Å². The average molecular weight is 503 g/mol. The Morgan fingerprint density at radius 2 is 1.86 bits per heavy atom. The SMILES string of the molecule is CC(C)(C)[C@@H](N(CC[C@H](N)CF)C(=O)CO)n1cc(-c2cc(F)ccc2F)nc1Cc1ccccc1. The monoisotopic (exact) mass is 502 g/mol. The van der Waals surface area contributed by atoms with Crippen molar-refractivity contribution in [3.05, 3.63) is 77.8 Å². The van der Waals surface area contributed by atoms with Crippen molar-refractivity contribution in [3.8, 4) is 11.3 Å². The summed E-state index contributed by atoms with van der Waals surface area (Å²) in [6.45, 7) is 4.36.